The zero-order valence-electron chi connectivity index (χ0n) is 10.9. The van der Waals surface area contributed by atoms with Gasteiger partial charge in [-0.25, -0.2) is 4.39 Å². The van der Waals surface area contributed by atoms with E-state index in [4.69, 9.17) is 5.26 Å². The van der Waals surface area contributed by atoms with Gasteiger partial charge in [-0.1, -0.05) is 29.8 Å². The van der Waals surface area contributed by atoms with Gasteiger partial charge in [0.1, 0.15) is 11.9 Å². The Bertz CT molecular complexity index is 642. The maximum Gasteiger partial charge on any atom is 0.252 e. The minimum absolute atomic E-state index is 0.333. The molecule has 0 saturated heterocycles. The first-order valence-corrected chi connectivity index (χ1v) is 6.13. The van der Waals surface area contributed by atoms with Crippen LogP contribution in [-0.2, 0) is 0 Å². The number of nitrogens with one attached hydrogen (secondary N) is 1. The second-order valence-electron chi connectivity index (χ2n) is 4.45. The van der Waals surface area contributed by atoms with E-state index < -0.39 is 6.04 Å². The molecule has 0 aliphatic rings. The van der Waals surface area contributed by atoms with Crippen LogP contribution in [0.5, 0.6) is 0 Å². The monoisotopic (exact) mass is 268 g/mol. The van der Waals surface area contributed by atoms with Crippen LogP contribution < -0.4 is 5.32 Å². The summed E-state index contributed by atoms with van der Waals surface area (Å²) in [5, 5.41) is 11.7. The van der Waals surface area contributed by atoms with Crippen molar-refractivity contribution in [2.45, 2.75) is 13.0 Å². The standard InChI is InChI=1S/C16H13FN2O/c1-11-2-4-13(5-3-11)16(20)19-15(10-18)12-6-8-14(17)9-7-12/h2-9,15H,1H3,(H,19,20). The molecule has 0 heterocycles. The Labute approximate surface area is 116 Å². The van der Waals surface area contributed by atoms with E-state index in [-0.39, 0.29) is 11.7 Å². The second-order valence-corrected chi connectivity index (χ2v) is 4.45. The summed E-state index contributed by atoms with van der Waals surface area (Å²) in [4.78, 5) is 12.0. The summed E-state index contributed by atoms with van der Waals surface area (Å²) in [7, 11) is 0. The molecule has 1 unspecified atom stereocenters. The van der Waals surface area contributed by atoms with Crippen molar-refractivity contribution in [2.75, 3.05) is 0 Å². The largest absolute Gasteiger partial charge is 0.333 e. The summed E-state index contributed by atoms with van der Waals surface area (Å²) in [6.45, 7) is 1.93. The average molecular weight is 268 g/mol. The van der Waals surface area contributed by atoms with Crippen molar-refractivity contribution in [3.63, 3.8) is 0 Å². The molecule has 2 aromatic carbocycles. The fraction of sp³-hybridized carbons (Fsp3) is 0.125. The highest BCUT2D eigenvalue weighted by molar-refractivity contribution is 5.94. The third-order valence-corrected chi connectivity index (χ3v) is 2.92. The predicted molar refractivity (Wildman–Crippen MR) is 73.4 cm³/mol. The van der Waals surface area contributed by atoms with Crippen LogP contribution in [0.4, 0.5) is 4.39 Å². The highest BCUT2D eigenvalue weighted by Gasteiger charge is 2.14. The number of hydrogen-bond acceptors (Lipinski definition) is 2. The van der Waals surface area contributed by atoms with E-state index in [1.165, 1.54) is 24.3 Å². The van der Waals surface area contributed by atoms with E-state index in [9.17, 15) is 9.18 Å². The quantitative estimate of drug-likeness (QED) is 0.929. The van der Waals surface area contributed by atoms with Gasteiger partial charge < -0.3 is 5.32 Å². The van der Waals surface area contributed by atoms with E-state index in [0.717, 1.165) is 5.56 Å². The maximum absolute atomic E-state index is 12.8. The number of carbonyl (C=O) groups is 1. The van der Waals surface area contributed by atoms with Gasteiger partial charge in [-0.3, -0.25) is 4.79 Å². The molecular formula is C16H13FN2O. The lowest BCUT2D eigenvalue weighted by Gasteiger charge is -2.12. The summed E-state index contributed by atoms with van der Waals surface area (Å²) in [6, 6.07) is 13.7. The number of nitriles is 1. The fourth-order valence-corrected chi connectivity index (χ4v) is 1.76. The molecule has 0 fully saturated rings. The Morgan fingerprint density at radius 1 is 1.15 bits per heavy atom. The fourth-order valence-electron chi connectivity index (χ4n) is 1.76. The van der Waals surface area contributed by atoms with Crippen LogP contribution in [0.25, 0.3) is 0 Å². The van der Waals surface area contributed by atoms with Gasteiger partial charge >= 0.3 is 0 Å². The highest BCUT2D eigenvalue weighted by Crippen LogP contribution is 2.14. The molecule has 0 bridgehead atoms. The molecule has 4 heteroatoms. The number of aryl methyl sites for hydroxylation is 1. The third kappa shape index (κ3) is 3.21. The van der Waals surface area contributed by atoms with Crippen molar-refractivity contribution < 1.29 is 9.18 Å². The molecule has 0 aromatic heterocycles. The van der Waals surface area contributed by atoms with Crippen LogP contribution in [0.15, 0.2) is 48.5 Å². The molecule has 1 N–H and O–H groups in total. The number of benzene rings is 2. The molecule has 1 atom stereocenters. The van der Waals surface area contributed by atoms with Crippen molar-refractivity contribution in [3.8, 4) is 6.07 Å². The normalized spacial score (nSPS) is 11.4. The van der Waals surface area contributed by atoms with Gasteiger partial charge in [0.2, 0.25) is 0 Å². The maximum atomic E-state index is 12.8. The summed E-state index contributed by atoms with van der Waals surface area (Å²) in [5.74, 6) is -0.712. The number of halogens is 1. The highest BCUT2D eigenvalue weighted by atomic mass is 19.1. The van der Waals surface area contributed by atoms with Crippen LogP contribution in [0.2, 0.25) is 0 Å². The van der Waals surface area contributed by atoms with E-state index in [0.29, 0.717) is 11.1 Å². The minimum atomic E-state index is -0.801. The Balaban J connectivity index is 2.14. The first kappa shape index (κ1) is 13.8. The van der Waals surface area contributed by atoms with Crippen LogP contribution >= 0.6 is 0 Å². The summed E-state index contributed by atoms with van der Waals surface area (Å²) in [5.41, 5.74) is 2.09. The predicted octanol–water partition coefficient (Wildman–Crippen LogP) is 3.13. The third-order valence-electron chi connectivity index (χ3n) is 2.92. The van der Waals surface area contributed by atoms with Crippen LogP contribution in [0.1, 0.15) is 27.5 Å². The Kier molecular flexibility index (Phi) is 4.11. The SMILES string of the molecule is Cc1ccc(C(=O)NC(C#N)c2ccc(F)cc2)cc1. The van der Waals surface area contributed by atoms with E-state index >= 15 is 0 Å². The van der Waals surface area contributed by atoms with Crippen molar-refractivity contribution in [2.24, 2.45) is 0 Å². The summed E-state index contributed by atoms with van der Waals surface area (Å²) in [6.07, 6.45) is 0. The minimum Gasteiger partial charge on any atom is -0.333 e. The molecule has 0 aliphatic carbocycles. The topological polar surface area (TPSA) is 52.9 Å². The number of nitrogens with zero attached hydrogens (tertiary/aromatic N) is 1. The van der Waals surface area contributed by atoms with Crippen molar-refractivity contribution in [1.29, 1.82) is 5.26 Å². The van der Waals surface area contributed by atoms with Crippen LogP contribution in [0.3, 0.4) is 0 Å². The Morgan fingerprint density at radius 3 is 2.30 bits per heavy atom. The van der Waals surface area contributed by atoms with Crippen LogP contribution in [-0.4, -0.2) is 5.91 Å². The van der Waals surface area contributed by atoms with E-state index in [1.54, 1.807) is 12.1 Å². The van der Waals surface area contributed by atoms with Crippen molar-refractivity contribution in [3.05, 3.63) is 71.0 Å². The molecule has 100 valence electrons. The number of amides is 1. The van der Waals surface area contributed by atoms with Crippen molar-refractivity contribution in [1.82, 2.24) is 5.32 Å². The zero-order valence-corrected chi connectivity index (χ0v) is 10.9. The lowest BCUT2D eigenvalue weighted by Crippen LogP contribution is -2.27. The molecular weight excluding hydrogens is 255 g/mol. The summed E-state index contributed by atoms with van der Waals surface area (Å²) < 4.78 is 12.8. The van der Waals surface area contributed by atoms with E-state index in [2.05, 4.69) is 5.32 Å². The van der Waals surface area contributed by atoms with Gasteiger partial charge in [0, 0.05) is 5.56 Å². The molecule has 0 radical (unpaired) electrons. The molecule has 2 aromatic rings. The zero-order chi connectivity index (χ0) is 14.5. The molecule has 1 amide bonds. The average Bonchev–Trinajstić information content (AvgIpc) is 2.46. The smallest absolute Gasteiger partial charge is 0.252 e. The second kappa shape index (κ2) is 5.98. The van der Waals surface area contributed by atoms with Crippen LogP contribution in [0, 0.1) is 24.1 Å². The first-order chi connectivity index (χ1) is 9.60. The lowest BCUT2D eigenvalue weighted by molar-refractivity contribution is 0.0945. The number of carbonyl (C=O) groups excluding carboxylic acids is 1. The van der Waals surface area contributed by atoms with Gasteiger partial charge in [-0.2, -0.15) is 5.26 Å². The Hall–Kier alpha value is -2.67. The van der Waals surface area contributed by atoms with Gasteiger partial charge in [-0.05, 0) is 36.8 Å². The summed E-state index contributed by atoms with van der Waals surface area (Å²) >= 11 is 0. The molecule has 0 saturated carbocycles. The molecule has 2 rings (SSSR count). The molecule has 0 aliphatic heterocycles. The molecule has 20 heavy (non-hydrogen) atoms. The number of rotatable bonds is 3. The molecule has 3 nitrogen and oxygen atoms in total. The van der Waals surface area contributed by atoms with Gasteiger partial charge in [0.05, 0.1) is 6.07 Å². The molecule has 0 spiro atoms. The first-order valence-electron chi connectivity index (χ1n) is 6.13. The van der Waals surface area contributed by atoms with Gasteiger partial charge in [0.25, 0.3) is 5.91 Å². The lowest BCUT2D eigenvalue weighted by atomic mass is 10.1. The van der Waals surface area contributed by atoms with Gasteiger partial charge in [-0.15, -0.1) is 0 Å². The number of hydrogen-bond donors (Lipinski definition) is 1. The van der Waals surface area contributed by atoms with Gasteiger partial charge in [0.15, 0.2) is 0 Å². The van der Waals surface area contributed by atoms with Crippen molar-refractivity contribution >= 4 is 5.91 Å². The van der Waals surface area contributed by atoms with E-state index in [1.807, 2.05) is 25.1 Å². The Morgan fingerprint density at radius 2 is 1.75 bits per heavy atom.